The first-order valence-corrected chi connectivity index (χ1v) is 27.0. The van der Waals surface area contributed by atoms with Crippen molar-refractivity contribution in [2.24, 2.45) is 0 Å². The number of aliphatic hydroxyl groups is 5. The summed E-state index contributed by atoms with van der Waals surface area (Å²) in [4.78, 5) is 13.0. The van der Waals surface area contributed by atoms with E-state index in [0.717, 1.165) is 116 Å². The molecule has 0 aliphatic carbocycles. The Morgan fingerprint density at radius 1 is 0.472 bits per heavy atom. The fourth-order valence-electron chi connectivity index (χ4n) is 7.00. The van der Waals surface area contributed by atoms with E-state index in [9.17, 15) is 30.3 Å². The SMILES string of the molecule is CC/C=C\C/C=C\C/C=C\C/C=C\C/C=C\C/C=C\C/C=C\C/C=C\C/C=C\C/C=C\C/C=C\C/C=C\CCCCC(=O)NC(COC1OC(CO)C(O)C(O)C1O)C(O)/C=C/CC/C=C/CC/C=C/CC. The molecule has 400 valence electrons. The Morgan fingerprint density at radius 2 is 0.819 bits per heavy atom. The van der Waals surface area contributed by atoms with E-state index in [0.29, 0.717) is 12.8 Å². The van der Waals surface area contributed by atoms with Gasteiger partial charge in [0.15, 0.2) is 6.29 Å². The Morgan fingerprint density at radius 3 is 1.22 bits per heavy atom. The fourth-order valence-corrected chi connectivity index (χ4v) is 7.00. The molecule has 1 aliphatic rings. The molecule has 1 fully saturated rings. The Bertz CT molecular complexity index is 1770. The lowest BCUT2D eigenvalue weighted by atomic mass is 9.99. The molecule has 72 heavy (non-hydrogen) atoms. The number of hydrogen-bond acceptors (Lipinski definition) is 8. The third-order valence-electron chi connectivity index (χ3n) is 11.2. The highest BCUT2D eigenvalue weighted by atomic mass is 16.7. The molecule has 0 aromatic carbocycles. The number of nitrogens with one attached hydrogen (secondary N) is 1. The number of hydrogen-bond donors (Lipinski definition) is 6. The second-order valence-electron chi connectivity index (χ2n) is 17.5. The molecule has 0 aromatic heterocycles. The van der Waals surface area contributed by atoms with E-state index in [1.807, 2.05) is 6.08 Å². The lowest BCUT2D eigenvalue weighted by Crippen LogP contribution is -2.60. The molecule has 9 heteroatoms. The highest BCUT2D eigenvalue weighted by Gasteiger charge is 2.44. The molecule has 1 saturated heterocycles. The van der Waals surface area contributed by atoms with Crippen molar-refractivity contribution in [3.63, 3.8) is 0 Å². The van der Waals surface area contributed by atoms with Gasteiger partial charge >= 0.3 is 0 Å². The molecule has 1 amide bonds. The van der Waals surface area contributed by atoms with E-state index in [2.05, 4.69) is 189 Å². The average Bonchev–Trinajstić information content (AvgIpc) is 3.38. The number of rotatable bonds is 42. The second-order valence-corrected chi connectivity index (χ2v) is 17.5. The predicted octanol–water partition coefficient (Wildman–Crippen LogP) is 13.2. The van der Waals surface area contributed by atoms with Gasteiger partial charge in [0.05, 0.1) is 25.4 Å². The summed E-state index contributed by atoms with van der Waals surface area (Å²) in [6.45, 7) is 3.45. The Hall–Kier alpha value is -4.71. The molecule has 0 aromatic rings. The van der Waals surface area contributed by atoms with Crippen molar-refractivity contribution in [2.45, 2.75) is 192 Å². The van der Waals surface area contributed by atoms with Gasteiger partial charge in [0.25, 0.3) is 0 Å². The molecule has 1 aliphatic heterocycles. The van der Waals surface area contributed by atoms with Crippen LogP contribution in [-0.4, -0.2) is 87.5 Å². The zero-order valence-electron chi connectivity index (χ0n) is 44.1. The zero-order chi connectivity index (χ0) is 52.2. The molecule has 1 heterocycles. The van der Waals surface area contributed by atoms with Crippen LogP contribution in [0.2, 0.25) is 0 Å². The molecule has 0 radical (unpaired) electrons. The summed E-state index contributed by atoms with van der Waals surface area (Å²) in [5, 5.41) is 54.1. The summed E-state index contributed by atoms with van der Waals surface area (Å²) in [6.07, 6.45) is 75.5. The van der Waals surface area contributed by atoms with Crippen molar-refractivity contribution in [1.82, 2.24) is 5.32 Å². The van der Waals surface area contributed by atoms with Gasteiger partial charge in [-0.2, -0.15) is 0 Å². The van der Waals surface area contributed by atoms with Gasteiger partial charge < -0.3 is 40.3 Å². The lowest BCUT2D eigenvalue weighted by molar-refractivity contribution is -0.302. The number of aliphatic hydroxyl groups excluding tert-OH is 5. The third kappa shape index (κ3) is 38.9. The number of allylic oxidation sites excluding steroid dienone is 29. The second kappa shape index (κ2) is 49.9. The summed E-state index contributed by atoms with van der Waals surface area (Å²) in [7, 11) is 0. The Labute approximate surface area is 436 Å². The minimum Gasteiger partial charge on any atom is -0.394 e. The minimum absolute atomic E-state index is 0.237. The highest BCUT2D eigenvalue weighted by Crippen LogP contribution is 2.22. The van der Waals surface area contributed by atoms with Gasteiger partial charge in [-0.05, 0) is 128 Å². The smallest absolute Gasteiger partial charge is 0.220 e. The van der Waals surface area contributed by atoms with Crippen LogP contribution in [0.4, 0.5) is 0 Å². The number of ether oxygens (including phenoxy) is 2. The van der Waals surface area contributed by atoms with Crippen molar-refractivity contribution in [1.29, 1.82) is 0 Å². The van der Waals surface area contributed by atoms with E-state index >= 15 is 0 Å². The monoisotopic (exact) mass is 994 g/mol. The number of unbranched alkanes of at least 4 members (excludes halogenated alkanes) is 4. The van der Waals surface area contributed by atoms with E-state index in [1.54, 1.807) is 6.08 Å². The van der Waals surface area contributed by atoms with Gasteiger partial charge in [0.1, 0.15) is 24.4 Å². The summed E-state index contributed by atoms with van der Waals surface area (Å²) in [6, 6.07) is -0.864. The van der Waals surface area contributed by atoms with Crippen LogP contribution in [0.15, 0.2) is 182 Å². The Kier molecular flexibility index (Phi) is 45.2. The van der Waals surface area contributed by atoms with Crippen molar-refractivity contribution >= 4 is 5.91 Å². The first kappa shape index (κ1) is 65.3. The summed E-state index contributed by atoms with van der Waals surface area (Å²) >= 11 is 0. The minimum atomic E-state index is -1.59. The van der Waals surface area contributed by atoms with Crippen LogP contribution in [-0.2, 0) is 14.3 Å². The molecular formula is C63H95NO8. The van der Waals surface area contributed by atoms with Gasteiger partial charge in [-0.25, -0.2) is 0 Å². The molecular weight excluding hydrogens is 899 g/mol. The van der Waals surface area contributed by atoms with E-state index in [1.165, 1.54) is 0 Å². The van der Waals surface area contributed by atoms with Gasteiger partial charge in [-0.3, -0.25) is 4.79 Å². The molecule has 7 atom stereocenters. The summed E-state index contributed by atoms with van der Waals surface area (Å²) in [5.41, 5.74) is 0. The average molecular weight is 994 g/mol. The van der Waals surface area contributed by atoms with Crippen LogP contribution < -0.4 is 5.32 Å². The summed E-state index contributed by atoms with van der Waals surface area (Å²) < 4.78 is 11.2. The van der Waals surface area contributed by atoms with Crippen LogP contribution in [0.25, 0.3) is 0 Å². The number of carbonyl (C=O) groups is 1. The van der Waals surface area contributed by atoms with E-state index in [-0.39, 0.29) is 18.9 Å². The van der Waals surface area contributed by atoms with E-state index < -0.39 is 49.5 Å². The molecule has 0 saturated carbocycles. The molecule has 7 unspecified atom stereocenters. The van der Waals surface area contributed by atoms with Crippen molar-refractivity contribution in [3.05, 3.63) is 182 Å². The van der Waals surface area contributed by atoms with Gasteiger partial charge in [-0.15, -0.1) is 0 Å². The maximum atomic E-state index is 13.0. The number of carbonyl (C=O) groups excluding carboxylic acids is 1. The normalized spacial score (nSPS) is 20.7. The van der Waals surface area contributed by atoms with E-state index in [4.69, 9.17) is 9.47 Å². The third-order valence-corrected chi connectivity index (χ3v) is 11.2. The van der Waals surface area contributed by atoms with Crippen molar-refractivity contribution in [2.75, 3.05) is 13.2 Å². The van der Waals surface area contributed by atoms with Gasteiger partial charge in [0.2, 0.25) is 5.91 Å². The van der Waals surface area contributed by atoms with Crippen LogP contribution in [0, 0.1) is 0 Å². The number of amides is 1. The molecule has 0 bridgehead atoms. The quantitative estimate of drug-likeness (QED) is 0.0262. The zero-order valence-corrected chi connectivity index (χ0v) is 44.1. The molecule has 9 nitrogen and oxygen atoms in total. The largest absolute Gasteiger partial charge is 0.394 e. The highest BCUT2D eigenvalue weighted by molar-refractivity contribution is 5.76. The van der Waals surface area contributed by atoms with Gasteiger partial charge in [-0.1, -0.05) is 196 Å². The van der Waals surface area contributed by atoms with Crippen LogP contribution in [0.1, 0.15) is 149 Å². The van der Waals surface area contributed by atoms with Crippen LogP contribution in [0.5, 0.6) is 0 Å². The standard InChI is InChI=1S/C63H95NO8/c1-3-5-7-9-11-13-15-16-17-18-19-20-21-22-23-24-25-26-27-28-29-30-31-32-33-34-35-36-37-38-39-40-41-42-43-45-47-49-51-53-59(67)64-56(55-71-63-62(70)61(69)60(68)58(54-65)72-63)57(66)52-50-48-46-44-14-12-10-8-6-4-2/h5-8,11,13-14,16-17,19-20,22-23,25-26,28-29,31-32,34-35,37-38,40-41,43-45,50,52,56-58,60-63,65-66,68-70H,3-4,9-10,12,15,18,21,24,27,30,33,36,39,42,46-49,51,53-55H2,1-2H3,(H,64,67)/b7-5-,8-6+,13-11-,17-16-,20-19-,23-22-,26-25-,29-28-,32-31-,35-34-,38-37-,41-40-,44-14+,45-43-,52-50+. The van der Waals surface area contributed by atoms with Crippen LogP contribution in [0.3, 0.4) is 0 Å². The molecule has 0 spiro atoms. The van der Waals surface area contributed by atoms with Crippen LogP contribution >= 0.6 is 0 Å². The predicted molar refractivity (Wildman–Crippen MR) is 303 cm³/mol. The maximum absolute atomic E-state index is 13.0. The molecule has 6 N–H and O–H groups in total. The summed E-state index contributed by atoms with van der Waals surface area (Å²) in [5.74, 6) is -0.246. The molecule has 1 rings (SSSR count). The van der Waals surface area contributed by atoms with Crippen molar-refractivity contribution in [3.8, 4) is 0 Å². The lowest BCUT2D eigenvalue weighted by Gasteiger charge is -2.40. The Balaban J connectivity index is 2.23. The topological polar surface area (TPSA) is 149 Å². The first-order chi connectivity index (χ1) is 35.3. The van der Waals surface area contributed by atoms with Gasteiger partial charge in [0, 0.05) is 6.42 Å². The maximum Gasteiger partial charge on any atom is 0.220 e. The van der Waals surface area contributed by atoms with Crippen molar-refractivity contribution < 1.29 is 39.8 Å². The first-order valence-electron chi connectivity index (χ1n) is 27.0. The fraction of sp³-hybridized carbons (Fsp3) is 0.508.